The van der Waals surface area contributed by atoms with E-state index in [0.29, 0.717) is 5.56 Å². The molecule has 0 radical (unpaired) electrons. The van der Waals surface area contributed by atoms with Crippen LogP contribution in [0.15, 0.2) is 18.2 Å². The van der Waals surface area contributed by atoms with Crippen molar-refractivity contribution in [3.8, 4) is 11.8 Å². The topological polar surface area (TPSA) is 101 Å². The van der Waals surface area contributed by atoms with Crippen LogP contribution in [0, 0.1) is 17.7 Å². The van der Waals surface area contributed by atoms with E-state index < -0.39 is 21.7 Å². The third-order valence-electron chi connectivity index (χ3n) is 2.51. The van der Waals surface area contributed by atoms with Crippen molar-refractivity contribution >= 4 is 15.9 Å². The smallest absolute Gasteiger partial charge is 0.254 e. The van der Waals surface area contributed by atoms with Crippen LogP contribution in [0.5, 0.6) is 0 Å². The van der Waals surface area contributed by atoms with E-state index in [4.69, 9.17) is 5.73 Å². The Morgan fingerprint density at radius 2 is 2.14 bits per heavy atom. The number of amides is 1. The molecule has 21 heavy (non-hydrogen) atoms. The lowest BCUT2D eigenvalue weighted by Gasteiger charge is -2.07. The van der Waals surface area contributed by atoms with Gasteiger partial charge in [-0.15, -0.1) is 0 Å². The molecule has 1 amide bonds. The van der Waals surface area contributed by atoms with Crippen LogP contribution < -0.4 is 15.8 Å². The van der Waals surface area contributed by atoms with Crippen molar-refractivity contribution in [3.63, 3.8) is 0 Å². The first-order valence-electron chi connectivity index (χ1n) is 6.07. The highest BCUT2D eigenvalue weighted by Crippen LogP contribution is 2.10. The zero-order chi connectivity index (χ0) is 15.9. The summed E-state index contributed by atoms with van der Waals surface area (Å²) in [6.07, 6.45) is 0. The molecule has 1 rings (SSSR count). The minimum Gasteiger partial charge on any atom is -0.351 e. The number of nitrogens with two attached hydrogens (primary N) is 1. The Labute approximate surface area is 123 Å². The number of rotatable bonds is 5. The van der Waals surface area contributed by atoms with Gasteiger partial charge in [-0.25, -0.2) is 17.5 Å². The summed E-state index contributed by atoms with van der Waals surface area (Å²) in [5.41, 5.74) is 5.49. The standard InChI is InChI=1S/C13H16FN3O3S/c1-16-21(19,20)8-7-17-13(18)11-9-10(3-2-6-15)4-5-12(11)14/h4-5,9,16H,6-8,15H2,1H3,(H,17,18). The largest absolute Gasteiger partial charge is 0.351 e. The summed E-state index contributed by atoms with van der Waals surface area (Å²) in [4.78, 5) is 11.8. The number of carbonyl (C=O) groups excluding carboxylic acids is 1. The molecule has 0 unspecified atom stereocenters. The highest BCUT2D eigenvalue weighted by Gasteiger charge is 2.13. The Morgan fingerprint density at radius 3 is 2.76 bits per heavy atom. The second kappa shape index (κ2) is 7.73. The highest BCUT2D eigenvalue weighted by molar-refractivity contribution is 7.89. The van der Waals surface area contributed by atoms with Crippen LogP contribution in [0.4, 0.5) is 4.39 Å². The maximum absolute atomic E-state index is 13.6. The van der Waals surface area contributed by atoms with Crippen LogP contribution in [-0.4, -0.2) is 40.2 Å². The predicted molar refractivity (Wildman–Crippen MR) is 77.5 cm³/mol. The van der Waals surface area contributed by atoms with Crippen LogP contribution in [0.25, 0.3) is 0 Å². The summed E-state index contributed by atoms with van der Waals surface area (Å²) in [7, 11) is -2.15. The normalized spacial score (nSPS) is 10.6. The van der Waals surface area contributed by atoms with E-state index in [1.54, 1.807) is 0 Å². The summed E-state index contributed by atoms with van der Waals surface area (Å²) in [6.45, 7) is 0.0287. The van der Waals surface area contributed by atoms with Gasteiger partial charge in [0.2, 0.25) is 10.0 Å². The fraction of sp³-hybridized carbons (Fsp3) is 0.308. The van der Waals surface area contributed by atoms with Gasteiger partial charge in [-0.05, 0) is 25.2 Å². The molecule has 0 bridgehead atoms. The molecule has 4 N–H and O–H groups in total. The quantitative estimate of drug-likeness (QED) is 0.633. The Morgan fingerprint density at radius 1 is 1.43 bits per heavy atom. The van der Waals surface area contributed by atoms with Gasteiger partial charge in [0.1, 0.15) is 5.82 Å². The molecule has 0 aromatic heterocycles. The van der Waals surface area contributed by atoms with Crippen LogP contribution in [0.1, 0.15) is 15.9 Å². The van der Waals surface area contributed by atoms with E-state index in [1.807, 2.05) is 0 Å². The molecule has 0 aliphatic carbocycles. The van der Waals surface area contributed by atoms with Gasteiger partial charge in [-0.3, -0.25) is 4.79 Å². The SMILES string of the molecule is CNS(=O)(=O)CCNC(=O)c1cc(C#CCN)ccc1F. The monoisotopic (exact) mass is 313 g/mol. The van der Waals surface area contributed by atoms with Crippen LogP contribution in [0.2, 0.25) is 0 Å². The Balaban J connectivity index is 2.78. The van der Waals surface area contributed by atoms with Crippen molar-refractivity contribution < 1.29 is 17.6 Å². The summed E-state index contributed by atoms with van der Waals surface area (Å²) in [6, 6.07) is 3.85. The number of hydrogen-bond donors (Lipinski definition) is 3. The third-order valence-corrected chi connectivity index (χ3v) is 3.88. The van der Waals surface area contributed by atoms with Gasteiger partial charge < -0.3 is 11.1 Å². The minimum absolute atomic E-state index is 0.125. The summed E-state index contributed by atoms with van der Waals surface area (Å²) in [5, 5.41) is 2.34. The Kier molecular flexibility index (Phi) is 6.30. The lowest BCUT2D eigenvalue weighted by molar-refractivity contribution is 0.0952. The lowest BCUT2D eigenvalue weighted by Crippen LogP contribution is -2.33. The van der Waals surface area contributed by atoms with Gasteiger partial charge in [0, 0.05) is 12.1 Å². The number of benzene rings is 1. The average Bonchev–Trinajstić information content (AvgIpc) is 2.46. The van der Waals surface area contributed by atoms with Crippen LogP contribution >= 0.6 is 0 Å². The van der Waals surface area contributed by atoms with Crippen molar-refractivity contribution in [1.82, 2.24) is 10.0 Å². The molecule has 1 aromatic carbocycles. The molecule has 114 valence electrons. The van der Waals surface area contributed by atoms with Gasteiger partial charge >= 0.3 is 0 Å². The molecule has 6 nitrogen and oxygen atoms in total. The number of carbonyl (C=O) groups is 1. The summed E-state index contributed by atoms with van der Waals surface area (Å²) in [5.74, 6) is 3.59. The van der Waals surface area contributed by atoms with E-state index >= 15 is 0 Å². The lowest BCUT2D eigenvalue weighted by atomic mass is 10.1. The molecule has 0 heterocycles. The molecule has 0 saturated heterocycles. The third kappa shape index (κ3) is 5.51. The molecule has 0 saturated carbocycles. The predicted octanol–water partition coefficient (Wildman–Crippen LogP) is -0.585. The molecule has 8 heteroatoms. The van der Waals surface area contributed by atoms with Crippen molar-refractivity contribution in [2.45, 2.75) is 0 Å². The van der Waals surface area contributed by atoms with E-state index in [2.05, 4.69) is 21.9 Å². The number of hydrogen-bond acceptors (Lipinski definition) is 4. The van der Waals surface area contributed by atoms with Crippen molar-refractivity contribution in [2.24, 2.45) is 5.73 Å². The maximum Gasteiger partial charge on any atom is 0.254 e. The summed E-state index contributed by atoms with van der Waals surface area (Å²) >= 11 is 0. The Hall–Kier alpha value is -1.95. The highest BCUT2D eigenvalue weighted by atomic mass is 32.2. The molecule has 0 spiro atoms. The Bertz CT molecular complexity index is 678. The van der Waals surface area contributed by atoms with Gasteiger partial charge in [0.25, 0.3) is 5.91 Å². The first kappa shape index (κ1) is 17.1. The maximum atomic E-state index is 13.6. The van der Waals surface area contributed by atoms with E-state index in [0.717, 1.165) is 6.07 Å². The minimum atomic E-state index is -3.42. The second-order valence-electron chi connectivity index (χ2n) is 3.98. The molecule has 0 aliphatic heterocycles. The fourth-order valence-electron chi connectivity index (χ4n) is 1.43. The number of nitrogens with one attached hydrogen (secondary N) is 2. The first-order valence-corrected chi connectivity index (χ1v) is 7.72. The van der Waals surface area contributed by atoms with Crippen molar-refractivity contribution in [1.29, 1.82) is 0 Å². The van der Waals surface area contributed by atoms with Crippen LogP contribution in [-0.2, 0) is 10.0 Å². The molecule has 0 atom stereocenters. The van der Waals surface area contributed by atoms with Gasteiger partial charge in [0.05, 0.1) is 17.9 Å². The first-order chi connectivity index (χ1) is 9.89. The second-order valence-corrected chi connectivity index (χ2v) is 6.03. The van der Waals surface area contributed by atoms with Gasteiger partial charge in [0.15, 0.2) is 0 Å². The molecule has 0 aliphatic rings. The van der Waals surface area contributed by atoms with E-state index in [-0.39, 0.29) is 24.4 Å². The van der Waals surface area contributed by atoms with E-state index in [1.165, 1.54) is 19.2 Å². The summed E-state index contributed by atoms with van der Waals surface area (Å²) < 4.78 is 38.1. The van der Waals surface area contributed by atoms with Crippen molar-refractivity contribution in [3.05, 3.63) is 35.1 Å². The number of sulfonamides is 1. The van der Waals surface area contributed by atoms with Crippen LogP contribution in [0.3, 0.4) is 0 Å². The molecule has 0 fully saturated rings. The molecule has 1 aromatic rings. The van der Waals surface area contributed by atoms with Gasteiger partial charge in [-0.2, -0.15) is 0 Å². The van der Waals surface area contributed by atoms with E-state index in [9.17, 15) is 17.6 Å². The average molecular weight is 313 g/mol. The van der Waals surface area contributed by atoms with Crippen molar-refractivity contribution in [2.75, 3.05) is 25.9 Å². The number of halogens is 1. The molecular weight excluding hydrogens is 297 g/mol. The zero-order valence-electron chi connectivity index (χ0n) is 11.4. The van der Waals surface area contributed by atoms with Gasteiger partial charge in [-0.1, -0.05) is 11.8 Å². The fourth-order valence-corrected chi connectivity index (χ4v) is 2.00. The zero-order valence-corrected chi connectivity index (χ0v) is 12.3. The molecular formula is C13H16FN3O3S.